The molecular weight excluding hydrogens is 182 g/mol. The molecule has 0 saturated heterocycles. The van der Waals surface area contributed by atoms with E-state index in [1.807, 2.05) is 0 Å². The first-order valence-corrected chi connectivity index (χ1v) is 6.75. The first-order chi connectivity index (χ1) is 7.38. The minimum atomic E-state index is 0.880. The van der Waals surface area contributed by atoms with Gasteiger partial charge < -0.3 is 5.32 Å². The van der Waals surface area contributed by atoms with Crippen molar-refractivity contribution in [3.05, 3.63) is 12.2 Å². The third kappa shape index (κ3) is 4.83. The van der Waals surface area contributed by atoms with E-state index < -0.39 is 0 Å². The van der Waals surface area contributed by atoms with Gasteiger partial charge in [-0.15, -0.1) is 0 Å². The van der Waals surface area contributed by atoms with Gasteiger partial charge in [0.05, 0.1) is 0 Å². The lowest BCUT2D eigenvalue weighted by Gasteiger charge is -2.28. The molecule has 15 heavy (non-hydrogen) atoms. The van der Waals surface area contributed by atoms with Crippen LogP contribution >= 0.6 is 0 Å². The molecule has 0 aliphatic heterocycles. The fourth-order valence-corrected chi connectivity index (χ4v) is 2.63. The third-order valence-corrected chi connectivity index (χ3v) is 3.61. The predicted molar refractivity (Wildman–Crippen MR) is 68.0 cm³/mol. The van der Waals surface area contributed by atoms with Gasteiger partial charge in [0.2, 0.25) is 0 Å². The quantitative estimate of drug-likeness (QED) is 0.519. The molecule has 1 N–H and O–H groups in total. The summed E-state index contributed by atoms with van der Waals surface area (Å²) in [5, 5.41) is 3.36. The predicted octanol–water partition coefficient (Wildman–Crippen LogP) is 3.76. The van der Waals surface area contributed by atoms with Gasteiger partial charge in [-0.3, -0.25) is 0 Å². The summed E-state index contributed by atoms with van der Waals surface area (Å²) >= 11 is 0. The van der Waals surface area contributed by atoms with Gasteiger partial charge in [-0.2, -0.15) is 0 Å². The lowest BCUT2D eigenvalue weighted by atomic mass is 9.77. The van der Waals surface area contributed by atoms with E-state index in [4.69, 9.17) is 0 Å². The van der Waals surface area contributed by atoms with Gasteiger partial charge >= 0.3 is 0 Å². The van der Waals surface area contributed by atoms with Crippen molar-refractivity contribution in [3.63, 3.8) is 0 Å². The molecule has 1 saturated carbocycles. The standard InChI is InChI=1S/C14H27N/c1-3-13-9-5-6-10-14(13)11-7-8-12-15-4-2/h7,11,13-15H,3-6,8-10,12H2,1-2H3. The van der Waals surface area contributed by atoms with Crippen molar-refractivity contribution in [2.45, 2.75) is 52.4 Å². The average Bonchev–Trinajstić information content (AvgIpc) is 2.29. The number of allylic oxidation sites excluding steroid dienone is 1. The fraction of sp³-hybridized carbons (Fsp3) is 0.857. The zero-order valence-corrected chi connectivity index (χ0v) is 10.5. The van der Waals surface area contributed by atoms with Crippen LogP contribution in [0.25, 0.3) is 0 Å². The zero-order valence-electron chi connectivity index (χ0n) is 10.5. The topological polar surface area (TPSA) is 12.0 Å². The maximum Gasteiger partial charge on any atom is -0.00144 e. The molecule has 0 aromatic rings. The van der Waals surface area contributed by atoms with Crippen molar-refractivity contribution in [1.29, 1.82) is 0 Å². The molecule has 1 heteroatoms. The summed E-state index contributed by atoms with van der Waals surface area (Å²) in [5.41, 5.74) is 0. The Morgan fingerprint density at radius 1 is 1.20 bits per heavy atom. The highest BCUT2D eigenvalue weighted by molar-refractivity contribution is 4.93. The summed E-state index contributed by atoms with van der Waals surface area (Å²) in [5.74, 6) is 1.85. The van der Waals surface area contributed by atoms with Crippen molar-refractivity contribution in [1.82, 2.24) is 5.32 Å². The van der Waals surface area contributed by atoms with Gasteiger partial charge in [0.15, 0.2) is 0 Å². The molecule has 0 aromatic heterocycles. The molecular formula is C14H27N. The number of hydrogen-bond donors (Lipinski definition) is 1. The first kappa shape index (κ1) is 12.8. The minimum absolute atomic E-state index is 0.880. The highest BCUT2D eigenvalue weighted by Crippen LogP contribution is 2.32. The van der Waals surface area contributed by atoms with Crippen molar-refractivity contribution >= 4 is 0 Å². The Morgan fingerprint density at radius 3 is 2.73 bits per heavy atom. The zero-order chi connectivity index (χ0) is 10.9. The second kappa shape index (κ2) is 7.92. The molecule has 1 rings (SSSR count). The third-order valence-electron chi connectivity index (χ3n) is 3.61. The first-order valence-electron chi connectivity index (χ1n) is 6.75. The molecule has 1 nitrogen and oxygen atoms in total. The average molecular weight is 209 g/mol. The van der Waals surface area contributed by atoms with Crippen molar-refractivity contribution < 1.29 is 0 Å². The molecule has 0 heterocycles. The maximum atomic E-state index is 3.36. The smallest absolute Gasteiger partial charge is 0.00144 e. The van der Waals surface area contributed by atoms with E-state index in [0.717, 1.165) is 24.9 Å². The van der Waals surface area contributed by atoms with E-state index in [1.54, 1.807) is 0 Å². The lowest BCUT2D eigenvalue weighted by Crippen LogP contribution is -2.17. The summed E-state index contributed by atoms with van der Waals surface area (Å²) in [6.07, 6.45) is 13.2. The number of rotatable bonds is 6. The van der Waals surface area contributed by atoms with Gasteiger partial charge in [-0.1, -0.05) is 45.3 Å². The summed E-state index contributed by atoms with van der Waals surface area (Å²) in [6, 6.07) is 0. The largest absolute Gasteiger partial charge is 0.317 e. The highest BCUT2D eigenvalue weighted by Gasteiger charge is 2.20. The molecule has 2 unspecified atom stereocenters. The summed E-state index contributed by atoms with van der Waals surface area (Å²) < 4.78 is 0. The Hall–Kier alpha value is -0.300. The Balaban J connectivity index is 2.21. The van der Waals surface area contributed by atoms with Gasteiger partial charge in [-0.25, -0.2) is 0 Å². The van der Waals surface area contributed by atoms with E-state index in [0.29, 0.717) is 0 Å². The van der Waals surface area contributed by atoms with Crippen LogP contribution in [0.2, 0.25) is 0 Å². The fourth-order valence-electron chi connectivity index (χ4n) is 2.63. The van der Waals surface area contributed by atoms with Gasteiger partial charge in [0, 0.05) is 0 Å². The molecule has 1 aliphatic rings. The van der Waals surface area contributed by atoms with Crippen LogP contribution < -0.4 is 5.32 Å². The molecule has 0 aromatic carbocycles. The molecule has 2 atom stereocenters. The Kier molecular flexibility index (Phi) is 6.74. The Morgan fingerprint density at radius 2 is 2.00 bits per heavy atom. The molecule has 0 spiro atoms. The molecule has 1 aliphatic carbocycles. The summed E-state index contributed by atoms with van der Waals surface area (Å²) in [7, 11) is 0. The van der Waals surface area contributed by atoms with Crippen LogP contribution in [0.1, 0.15) is 52.4 Å². The van der Waals surface area contributed by atoms with E-state index in [2.05, 4.69) is 31.3 Å². The lowest BCUT2D eigenvalue weighted by molar-refractivity contribution is 0.276. The van der Waals surface area contributed by atoms with Crippen LogP contribution in [0, 0.1) is 11.8 Å². The molecule has 0 amide bonds. The van der Waals surface area contributed by atoms with Crippen LogP contribution in [0.4, 0.5) is 0 Å². The summed E-state index contributed by atoms with van der Waals surface area (Å²) in [6.45, 7) is 6.73. The number of hydrogen-bond acceptors (Lipinski definition) is 1. The molecule has 0 radical (unpaired) electrons. The second-order valence-corrected chi connectivity index (χ2v) is 4.69. The van der Waals surface area contributed by atoms with Crippen molar-refractivity contribution in [3.8, 4) is 0 Å². The minimum Gasteiger partial charge on any atom is -0.317 e. The van der Waals surface area contributed by atoms with Crippen LogP contribution in [0.3, 0.4) is 0 Å². The van der Waals surface area contributed by atoms with Crippen LogP contribution in [-0.2, 0) is 0 Å². The van der Waals surface area contributed by atoms with E-state index >= 15 is 0 Å². The van der Waals surface area contributed by atoms with E-state index in [1.165, 1.54) is 38.5 Å². The second-order valence-electron chi connectivity index (χ2n) is 4.69. The van der Waals surface area contributed by atoms with Gasteiger partial charge in [0.25, 0.3) is 0 Å². The SMILES string of the molecule is CCNCCC=CC1CCCCC1CC. The van der Waals surface area contributed by atoms with Crippen LogP contribution in [0.15, 0.2) is 12.2 Å². The van der Waals surface area contributed by atoms with Crippen LogP contribution in [-0.4, -0.2) is 13.1 Å². The highest BCUT2D eigenvalue weighted by atomic mass is 14.8. The monoisotopic (exact) mass is 209 g/mol. The van der Waals surface area contributed by atoms with Gasteiger partial charge in [-0.05, 0) is 44.2 Å². The van der Waals surface area contributed by atoms with Crippen LogP contribution in [0.5, 0.6) is 0 Å². The summed E-state index contributed by atoms with van der Waals surface area (Å²) in [4.78, 5) is 0. The van der Waals surface area contributed by atoms with Crippen molar-refractivity contribution in [2.24, 2.45) is 11.8 Å². The Bertz CT molecular complexity index is 174. The molecule has 1 fully saturated rings. The Labute approximate surface area is 95.3 Å². The molecule has 88 valence electrons. The number of nitrogens with one attached hydrogen (secondary N) is 1. The molecule has 0 bridgehead atoms. The normalized spacial score (nSPS) is 27.3. The van der Waals surface area contributed by atoms with E-state index in [-0.39, 0.29) is 0 Å². The maximum absolute atomic E-state index is 3.36. The van der Waals surface area contributed by atoms with Gasteiger partial charge in [0.1, 0.15) is 0 Å². The van der Waals surface area contributed by atoms with Crippen molar-refractivity contribution in [2.75, 3.05) is 13.1 Å². The van der Waals surface area contributed by atoms with E-state index in [9.17, 15) is 0 Å².